The first-order valence-corrected chi connectivity index (χ1v) is 10.2. The highest BCUT2D eigenvalue weighted by molar-refractivity contribution is 5.87. The van der Waals surface area contributed by atoms with Crippen LogP contribution in [0.3, 0.4) is 0 Å². The van der Waals surface area contributed by atoms with Gasteiger partial charge >= 0.3 is 0 Å². The van der Waals surface area contributed by atoms with Crippen LogP contribution >= 0.6 is 0 Å². The van der Waals surface area contributed by atoms with Crippen molar-refractivity contribution in [1.29, 1.82) is 0 Å². The van der Waals surface area contributed by atoms with Crippen LogP contribution < -0.4 is 0 Å². The molecule has 0 atom stereocenters. The Bertz CT molecular complexity index is 335. The summed E-state index contributed by atoms with van der Waals surface area (Å²) in [5.41, 5.74) is -1.96. The molecule has 0 unspecified atom stereocenters. The fourth-order valence-corrected chi connectivity index (χ4v) is 2.82. The Balaban J connectivity index is 3.39. The molecule has 3 N–H and O–H groups in total. The van der Waals surface area contributed by atoms with E-state index in [9.17, 15) is 9.90 Å². The summed E-state index contributed by atoms with van der Waals surface area (Å²) < 4.78 is 0. The molecule has 4 heteroatoms. The summed E-state index contributed by atoms with van der Waals surface area (Å²) in [5.74, 6) is -0.463. The van der Waals surface area contributed by atoms with Crippen LogP contribution in [0, 0.1) is 0 Å². The Morgan fingerprint density at radius 2 is 1.20 bits per heavy atom. The van der Waals surface area contributed by atoms with E-state index in [1.165, 1.54) is 51.4 Å². The van der Waals surface area contributed by atoms with Gasteiger partial charge in [0.2, 0.25) is 0 Å². The second-order valence-corrected chi connectivity index (χ2v) is 7.11. The molecule has 0 spiro atoms. The molecule has 0 aliphatic heterocycles. The highest BCUT2D eigenvalue weighted by Crippen LogP contribution is 2.13. The number of carbonyl (C=O) groups is 1. The number of ketones is 1. The Labute approximate surface area is 154 Å². The smallest absolute Gasteiger partial charge is 0.169 e. The van der Waals surface area contributed by atoms with Crippen molar-refractivity contribution in [3.8, 4) is 0 Å². The van der Waals surface area contributed by atoms with Gasteiger partial charge in [-0.1, -0.05) is 70.4 Å². The molecule has 0 aliphatic rings. The quantitative estimate of drug-likeness (QED) is 0.252. The van der Waals surface area contributed by atoms with E-state index in [1.807, 2.05) is 0 Å². The number of aliphatic hydroxyl groups is 3. The number of hydrogen-bond acceptors (Lipinski definition) is 4. The van der Waals surface area contributed by atoms with E-state index in [0.717, 1.165) is 25.7 Å². The molecule has 0 radical (unpaired) electrons. The summed E-state index contributed by atoms with van der Waals surface area (Å²) in [6, 6.07) is 0. The maximum Gasteiger partial charge on any atom is 0.169 e. The largest absolute Gasteiger partial charge is 0.393 e. The second kappa shape index (κ2) is 16.7. The van der Waals surface area contributed by atoms with E-state index in [2.05, 4.69) is 19.1 Å². The molecule has 0 aliphatic carbocycles. The first-order chi connectivity index (χ1) is 12.1. The molecule has 25 heavy (non-hydrogen) atoms. The number of allylic oxidation sites excluding steroid dienone is 2. The van der Waals surface area contributed by atoms with Gasteiger partial charge in [0.1, 0.15) is 0 Å². The monoisotopic (exact) mass is 358 g/mol. The van der Waals surface area contributed by atoms with Crippen molar-refractivity contribution in [2.75, 3.05) is 13.2 Å². The van der Waals surface area contributed by atoms with E-state index in [0.29, 0.717) is 6.42 Å². The standard InChI is InChI=1S/C21H40O4/c1-2-3-4-5-6-7-8-9-10-11-12-13-14-15-16-17-20(24)21(25,18-22)19-23/h9-10,22-23,25H,2-8,11-19H2,1H3/b10-9-/i20+2. The Morgan fingerprint density at radius 3 is 1.68 bits per heavy atom. The number of carbonyl (C=O) groups excluding carboxylic acids is 1. The molecule has 148 valence electrons. The SMILES string of the molecule is CCCCCCCC/C=C\CCCCCCC[14C](=O)C(O)(CO)CO. The fourth-order valence-electron chi connectivity index (χ4n) is 2.82. The van der Waals surface area contributed by atoms with Gasteiger partial charge in [-0.25, -0.2) is 0 Å². The molecule has 0 aromatic heterocycles. The van der Waals surface area contributed by atoms with Gasteiger partial charge in [-0.15, -0.1) is 0 Å². The summed E-state index contributed by atoms with van der Waals surface area (Å²) in [5, 5.41) is 27.5. The van der Waals surface area contributed by atoms with E-state index in [1.54, 1.807) is 0 Å². The van der Waals surface area contributed by atoms with Gasteiger partial charge < -0.3 is 15.3 Å². The van der Waals surface area contributed by atoms with Crippen molar-refractivity contribution in [2.45, 2.75) is 102 Å². The van der Waals surface area contributed by atoms with Gasteiger partial charge in [0.25, 0.3) is 0 Å². The van der Waals surface area contributed by atoms with Crippen LogP contribution in [-0.2, 0) is 4.79 Å². The van der Waals surface area contributed by atoms with Gasteiger partial charge in [-0.05, 0) is 32.1 Å². The minimum absolute atomic E-state index is 0.218. The Morgan fingerprint density at radius 1 is 0.760 bits per heavy atom. The molecule has 0 rings (SSSR count). The van der Waals surface area contributed by atoms with E-state index >= 15 is 0 Å². The summed E-state index contributed by atoms with van der Waals surface area (Å²) >= 11 is 0. The summed E-state index contributed by atoms with van der Waals surface area (Å²) in [6.45, 7) is 0.817. The van der Waals surface area contributed by atoms with Gasteiger partial charge in [-0.3, -0.25) is 4.79 Å². The molecular weight excluding hydrogens is 318 g/mol. The first-order valence-electron chi connectivity index (χ1n) is 10.2. The molecule has 0 bridgehead atoms. The van der Waals surface area contributed by atoms with Crippen LogP contribution in [0.4, 0.5) is 0 Å². The van der Waals surface area contributed by atoms with Gasteiger partial charge in [0.15, 0.2) is 11.4 Å². The van der Waals surface area contributed by atoms with Crippen LogP contribution in [0.25, 0.3) is 0 Å². The molecule has 4 nitrogen and oxygen atoms in total. The Kier molecular flexibility index (Phi) is 16.3. The number of hydrogen-bond donors (Lipinski definition) is 3. The minimum Gasteiger partial charge on any atom is -0.393 e. The molecule has 0 aromatic carbocycles. The summed E-state index contributed by atoms with van der Waals surface area (Å²) in [6.07, 6.45) is 20.3. The normalized spacial score (nSPS) is 12.2. The maximum atomic E-state index is 11.7. The van der Waals surface area contributed by atoms with Crippen LogP contribution in [0.1, 0.15) is 96.8 Å². The zero-order chi connectivity index (χ0) is 18.8. The highest BCUT2D eigenvalue weighted by Gasteiger charge is 2.33. The van der Waals surface area contributed by atoms with Crippen molar-refractivity contribution in [3.63, 3.8) is 0 Å². The third-order valence-corrected chi connectivity index (χ3v) is 4.71. The highest BCUT2D eigenvalue weighted by atomic mass is 16.4. The fraction of sp³-hybridized carbons (Fsp3) is 0.857. The van der Waals surface area contributed by atoms with Crippen LogP contribution in [-0.4, -0.2) is 39.9 Å². The van der Waals surface area contributed by atoms with Crippen molar-refractivity contribution >= 4 is 5.78 Å². The number of unbranched alkanes of at least 4 members (excludes halogenated alkanes) is 11. The number of rotatable bonds is 18. The summed E-state index contributed by atoms with van der Waals surface area (Å²) in [7, 11) is 0. The van der Waals surface area contributed by atoms with E-state index in [-0.39, 0.29) is 6.42 Å². The number of Topliss-reactive ketones (excluding diaryl/α,β-unsaturated/α-hetero) is 1. The van der Waals surface area contributed by atoms with Crippen molar-refractivity contribution in [3.05, 3.63) is 12.2 Å². The average molecular weight is 359 g/mol. The Hall–Kier alpha value is -0.710. The second-order valence-electron chi connectivity index (χ2n) is 7.11. The zero-order valence-corrected chi connectivity index (χ0v) is 16.2. The molecule has 0 saturated heterocycles. The molecular formula is C21H40O4. The zero-order valence-electron chi connectivity index (χ0n) is 16.2. The molecule has 0 fully saturated rings. The summed E-state index contributed by atoms with van der Waals surface area (Å²) in [4.78, 5) is 11.7. The molecule has 0 amide bonds. The van der Waals surface area contributed by atoms with E-state index in [4.69, 9.17) is 10.2 Å². The predicted molar refractivity (Wildman–Crippen MR) is 104 cm³/mol. The molecule has 0 saturated carbocycles. The van der Waals surface area contributed by atoms with Crippen LogP contribution in [0.5, 0.6) is 0 Å². The average Bonchev–Trinajstić information content (AvgIpc) is 2.63. The third-order valence-electron chi connectivity index (χ3n) is 4.71. The first kappa shape index (κ1) is 24.3. The lowest BCUT2D eigenvalue weighted by molar-refractivity contribution is -0.146. The number of aliphatic hydroxyl groups excluding tert-OH is 2. The van der Waals surface area contributed by atoms with Crippen LogP contribution in [0.2, 0.25) is 0 Å². The molecule has 0 heterocycles. The van der Waals surface area contributed by atoms with Crippen molar-refractivity contribution < 1.29 is 20.1 Å². The van der Waals surface area contributed by atoms with Gasteiger partial charge in [-0.2, -0.15) is 0 Å². The van der Waals surface area contributed by atoms with Crippen LogP contribution in [0.15, 0.2) is 12.2 Å². The van der Waals surface area contributed by atoms with E-state index < -0.39 is 24.6 Å². The van der Waals surface area contributed by atoms with Crippen molar-refractivity contribution in [2.24, 2.45) is 0 Å². The van der Waals surface area contributed by atoms with Gasteiger partial charge in [0, 0.05) is 6.42 Å². The lowest BCUT2D eigenvalue weighted by atomic mass is 10.1. The third kappa shape index (κ3) is 13.2. The topological polar surface area (TPSA) is 77.8 Å². The maximum absolute atomic E-state index is 11.7. The molecule has 0 aromatic rings. The lowest BCUT2D eigenvalue weighted by Crippen LogP contribution is -2.45. The minimum atomic E-state index is -1.96. The predicted octanol–water partition coefficient (Wildman–Crippen LogP) is 4.31. The lowest BCUT2D eigenvalue weighted by Gasteiger charge is -2.21. The van der Waals surface area contributed by atoms with Crippen molar-refractivity contribution in [1.82, 2.24) is 0 Å². The van der Waals surface area contributed by atoms with Gasteiger partial charge in [0.05, 0.1) is 13.2 Å².